The van der Waals surface area contributed by atoms with Gasteiger partial charge in [0.05, 0.1) is 0 Å². The van der Waals surface area contributed by atoms with E-state index < -0.39 is 0 Å². The molecule has 1 unspecified atom stereocenters. The van der Waals surface area contributed by atoms with Crippen LogP contribution in [0.1, 0.15) is 31.0 Å². The Bertz CT molecular complexity index is 301. The second kappa shape index (κ2) is 6.02. The summed E-state index contributed by atoms with van der Waals surface area (Å²) in [5, 5.41) is 0. The second-order valence-corrected chi connectivity index (χ2v) is 5.21. The average Bonchev–Trinajstić information content (AvgIpc) is 2.16. The monoisotopic (exact) mass is 220 g/mol. The van der Waals surface area contributed by atoms with Crippen molar-refractivity contribution in [3.63, 3.8) is 0 Å². The Morgan fingerprint density at radius 1 is 1.12 bits per heavy atom. The number of benzene rings is 1. The van der Waals surface area contributed by atoms with Crippen LogP contribution in [0.2, 0.25) is 0 Å². The van der Waals surface area contributed by atoms with Crippen molar-refractivity contribution in [2.45, 2.75) is 26.3 Å². The predicted octanol–water partition coefficient (Wildman–Crippen LogP) is 2.45. The molecule has 1 aromatic rings. The maximum absolute atomic E-state index is 6.11. The van der Waals surface area contributed by atoms with Crippen molar-refractivity contribution in [2.24, 2.45) is 11.7 Å². The van der Waals surface area contributed by atoms with E-state index in [2.05, 4.69) is 43.0 Å². The number of rotatable bonds is 5. The first-order valence-corrected chi connectivity index (χ1v) is 5.98. The third kappa shape index (κ3) is 4.33. The Hall–Kier alpha value is -0.860. The van der Waals surface area contributed by atoms with Crippen LogP contribution in [-0.4, -0.2) is 25.5 Å². The van der Waals surface area contributed by atoms with Gasteiger partial charge in [-0.1, -0.05) is 38.1 Å². The molecule has 2 heteroatoms. The number of nitrogens with zero attached hydrogens (tertiary/aromatic N) is 1. The van der Waals surface area contributed by atoms with Crippen LogP contribution >= 0.6 is 0 Å². The summed E-state index contributed by atoms with van der Waals surface area (Å²) in [5.41, 5.74) is 8.73. The average molecular weight is 220 g/mol. The van der Waals surface area contributed by atoms with Gasteiger partial charge in [-0.15, -0.1) is 0 Å². The van der Waals surface area contributed by atoms with Gasteiger partial charge in [-0.3, -0.25) is 0 Å². The topological polar surface area (TPSA) is 29.3 Å². The van der Waals surface area contributed by atoms with E-state index in [1.54, 1.807) is 0 Å². The summed E-state index contributed by atoms with van der Waals surface area (Å²) < 4.78 is 0. The van der Waals surface area contributed by atoms with Crippen LogP contribution in [0.3, 0.4) is 0 Å². The summed E-state index contributed by atoms with van der Waals surface area (Å²) in [6.45, 7) is 5.38. The lowest BCUT2D eigenvalue weighted by molar-refractivity contribution is 0.376. The summed E-state index contributed by atoms with van der Waals surface area (Å²) >= 11 is 0. The van der Waals surface area contributed by atoms with Gasteiger partial charge >= 0.3 is 0 Å². The fraction of sp³-hybridized carbons (Fsp3) is 0.571. The summed E-state index contributed by atoms with van der Waals surface area (Å²) in [6, 6.07) is 8.83. The smallest absolute Gasteiger partial charge is 0.0424 e. The Kier molecular flexibility index (Phi) is 4.97. The maximum atomic E-state index is 6.11. The molecule has 0 aliphatic rings. The fourth-order valence-corrected chi connectivity index (χ4v) is 1.87. The van der Waals surface area contributed by atoms with E-state index in [4.69, 9.17) is 5.73 Å². The molecule has 0 radical (unpaired) electrons. The third-order valence-corrected chi connectivity index (χ3v) is 2.61. The Morgan fingerprint density at radius 2 is 1.69 bits per heavy atom. The minimum Gasteiger partial charge on any atom is -0.323 e. The van der Waals surface area contributed by atoms with E-state index in [0.29, 0.717) is 5.92 Å². The number of likely N-dealkylation sites (N-methyl/N-ethyl adjacent to an activating group) is 1. The number of nitrogens with two attached hydrogens (primary N) is 1. The Balaban J connectivity index is 2.63. The molecule has 0 aliphatic heterocycles. The maximum Gasteiger partial charge on any atom is 0.0424 e. The van der Waals surface area contributed by atoms with E-state index in [-0.39, 0.29) is 6.04 Å². The van der Waals surface area contributed by atoms with Gasteiger partial charge in [-0.05, 0) is 37.6 Å². The summed E-state index contributed by atoms with van der Waals surface area (Å²) in [6.07, 6.45) is 1.14. The zero-order valence-corrected chi connectivity index (χ0v) is 10.9. The van der Waals surface area contributed by atoms with Crippen LogP contribution in [0.25, 0.3) is 0 Å². The number of hydrogen-bond donors (Lipinski definition) is 1. The molecule has 1 atom stereocenters. The van der Waals surface area contributed by atoms with E-state index in [1.807, 2.05) is 14.1 Å². The van der Waals surface area contributed by atoms with Crippen LogP contribution < -0.4 is 5.73 Å². The van der Waals surface area contributed by atoms with Crippen molar-refractivity contribution < 1.29 is 0 Å². The molecular weight excluding hydrogens is 196 g/mol. The van der Waals surface area contributed by atoms with E-state index in [9.17, 15) is 0 Å². The van der Waals surface area contributed by atoms with E-state index in [1.165, 1.54) is 11.1 Å². The molecule has 1 rings (SSSR count). The lowest BCUT2D eigenvalue weighted by Gasteiger charge is -2.17. The SMILES string of the molecule is CC(C)Cc1ccc(C(N)CN(C)C)cc1. The third-order valence-electron chi connectivity index (χ3n) is 2.61. The van der Waals surface area contributed by atoms with Gasteiger partial charge in [-0.2, -0.15) is 0 Å². The highest BCUT2D eigenvalue weighted by atomic mass is 15.1. The van der Waals surface area contributed by atoms with Gasteiger partial charge in [0.15, 0.2) is 0 Å². The van der Waals surface area contributed by atoms with Gasteiger partial charge in [0.2, 0.25) is 0 Å². The molecule has 0 saturated heterocycles. The van der Waals surface area contributed by atoms with Crippen LogP contribution in [0, 0.1) is 5.92 Å². The lowest BCUT2D eigenvalue weighted by atomic mass is 9.99. The molecule has 0 aliphatic carbocycles. The van der Waals surface area contributed by atoms with Crippen molar-refractivity contribution in [1.29, 1.82) is 0 Å². The van der Waals surface area contributed by atoms with Crippen molar-refractivity contribution in [2.75, 3.05) is 20.6 Å². The highest BCUT2D eigenvalue weighted by Crippen LogP contribution is 2.14. The fourth-order valence-electron chi connectivity index (χ4n) is 1.87. The molecule has 0 aromatic heterocycles. The van der Waals surface area contributed by atoms with Crippen LogP contribution in [-0.2, 0) is 6.42 Å². The largest absolute Gasteiger partial charge is 0.323 e. The minimum absolute atomic E-state index is 0.114. The zero-order valence-electron chi connectivity index (χ0n) is 10.9. The first-order chi connectivity index (χ1) is 7.49. The summed E-state index contributed by atoms with van der Waals surface area (Å²) in [5.74, 6) is 0.710. The lowest BCUT2D eigenvalue weighted by Crippen LogP contribution is -2.25. The van der Waals surface area contributed by atoms with Crippen molar-refractivity contribution in [3.8, 4) is 0 Å². The molecule has 0 amide bonds. The van der Waals surface area contributed by atoms with Crippen molar-refractivity contribution >= 4 is 0 Å². The van der Waals surface area contributed by atoms with Crippen LogP contribution in [0.4, 0.5) is 0 Å². The molecule has 16 heavy (non-hydrogen) atoms. The Labute approximate surface area is 99.5 Å². The highest BCUT2D eigenvalue weighted by molar-refractivity contribution is 5.25. The second-order valence-electron chi connectivity index (χ2n) is 5.21. The zero-order chi connectivity index (χ0) is 12.1. The molecule has 0 spiro atoms. The van der Waals surface area contributed by atoms with Gasteiger partial charge < -0.3 is 10.6 Å². The molecule has 1 aromatic carbocycles. The van der Waals surface area contributed by atoms with Crippen LogP contribution in [0.5, 0.6) is 0 Å². The molecule has 0 heterocycles. The standard InChI is InChI=1S/C14H24N2/c1-11(2)9-12-5-7-13(8-6-12)14(15)10-16(3)4/h5-8,11,14H,9-10,15H2,1-4H3. The summed E-state index contributed by atoms with van der Waals surface area (Å²) in [4.78, 5) is 2.12. The molecule has 0 saturated carbocycles. The molecule has 90 valence electrons. The molecule has 0 bridgehead atoms. The molecule has 2 N–H and O–H groups in total. The van der Waals surface area contributed by atoms with Crippen molar-refractivity contribution in [1.82, 2.24) is 4.90 Å². The highest BCUT2D eigenvalue weighted by Gasteiger charge is 2.07. The molecule has 2 nitrogen and oxygen atoms in total. The number of hydrogen-bond acceptors (Lipinski definition) is 2. The molecule has 0 fully saturated rings. The Morgan fingerprint density at radius 3 is 2.12 bits per heavy atom. The van der Waals surface area contributed by atoms with Gasteiger partial charge in [-0.25, -0.2) is 0 Å². The van der Waals surface area contributed by atoms with Crippen LogP contribution in [0.15, 0.2) is 24.3 Å². The first kappa shape index (κ1) is 13.2. The van der Waals surface area contributed by atoms with E-state index >= 15 is 0 Å². The minimum atomic E-state index is 0.114. The predicted molar refractivity (Wildman–Crippen MR) is 70.5 cm³/mol. The summed E-state index contributed by atoms with van der Waals surface area (Å²) in [7, 11) is 4.10. The van der Waals surface area contributed by atoms with E-state index in [0.717, 1.165) is 13.0 Å². The normalized spacial score (nSPS) is 13.4. The van der Waals surface area contributed by atoms with Gasteiger partial charge in [0.25, 0.3) is 0 Å². The molecular formula is C14H24N2. The quantitative estimate of drug-likeness (QED) is 0.826. The van der Waals surface area contributed by atoms with Crippen molar-refractivity contribution in [3.05, 3.63) is 35.4 Å². The van der Waals surface area contributed by atoms with Gasteiger partial charge in [0, 0.05) is 12.6 Å². The first-order valence-electron chi connectivity index (χ1n) is 5.98. The van der Waals surface area contributed by atoms with Gasteiger partial charge in [0.1, 0.15) is 0 Å².